The summed E-state index contributed by atoms with van der Waals surface area (Å²) in [5, 5.41) is 13.0. The molecule has 0 fully saturated rings. The molecule has 0 saturated carbocycles. The summed E-state index contributed by atoms with van der Waals surface area (Å²) in [5.74, 6) is 0.339. The van der Waals surface area contributed by atoms with Crippen LogP contribution in [0.4, 0.5) is 0 Å². The second-order valence-electron chi connectivity index (χ2n) is 5.47. The zero-order valence-corrected chi connectivity index (χ0v) is 12.7. The van der Waals surface area contributed by atoms with Crippen molar-refractivity contribution in [2.75, 3.05) is 0 Å². The van der Waals surface area contributed by atoms with Crippen LogP contribution in [-0.2, 0) is 0 Å². The van der Waals surface area contributed by atoms with Gasteiger partial charge in [0.05, 0.1) is 0 Å². The Morgan fingerprint density at radius 1 is 1.05 bits per heavy atom. The molecule has 2 N–H and O–H groups in total. The minimum absolute atomic E-state index is 0.339. The van der Waals surface area contributed by atoms with Crippen LogP contribution in [-0.4, -0.2) is 11.1 Å². The maximum absolute atomic E-state index is 9.34. The molecule has 0 amide bonds. The third kappa shape index (κ3) is 6.11. The van der Waals surface area contributed by atoms with Crippen molar-refractivity contribution in [2.45, 2.75) is 71.4 Å². The van der Waals surface area contributed by atoms with Gasteiger partial charge in [-0.3, -0.25) is 0 Å². The maximum Gasteiger partial charge on any atom is 0.115 e. The Labute approximate surface area is 118 Å². The predicted octanol–water partition coefficient (Wildman–Crippen LogP) is 4.79. The lowest BCUT2D eigenvalue weighted by Crippen LogP contribution is -2.30. The molecule has 2 atom stereocenters. The number of hydrogen-bond donors (Lipinski definition) is 2. The van der Waals surface area contributed by atoms with Crippen molar-refractivity contribution in [1.29, 1.82) is 0 Å². The molecule has 19 heavy (non-hydrogen) atoms. The highest BCUT2D eigenvalue weighted by molar-refractivity contribution is 5.28. The van der Waals surface area contributed by atoms with Crippen molar-refractivity contribution < 1.29 is 5.11 Å². The largest absolute Gasteiger partial charge is 0.508 e. The third-order valence-electron chi connectivity index (χ3n) is 3.68. The van der Waals surface area contributed by atoms with E-state index >= 15 is 0 Å². The summed E-state index contributed by atoms with van der Waals surface area (Å²) in [7, 11) is 0. The first-order valence-electron chi connectivity index (χ1n) is 7.72. The van der Waals surface area contributed by atoms with Gasteiger partial charge < -0.3 is 10.4 Å². The molecular formula is C17H29NO. The zero-order valence-electron chi connectivity index (χ0n) is 12.7. The minimum Gasteiger partial charge on any atom is -0.508 e. The minimum atomic E-state index is 0.339. The second-order valence-corrected chi connectivity index (χ2v) is 5.47. The summed E-state index contributed by atoms with van der Waals surface area (Å²) in [6.45, 7) is 6.73. The van der Waals surface area contributed by atoms with Crippen molar-refractivity contribution in [3.63, 3.8) is 0 Å². The molecule has 0 radical (unpaired) electrons. The van der Waals surface area contributed by atoms with Crippen molar-refractivity contribution in [3.8, 4) is 5.75 Å². The number of nitrogens with one attached hydrogen (secondary N) is 1. The molecule has 1 rings (SSSR count). The van der Waals surface area contributed by atoms with E-state index in [1.54, 1.807) is 12.1 Å². The molecule has 2 nitrogen and oxygen atoms in total. The van der Waals surface area contributed by atoms with E-state index in [9.17, 15) is 5.11 Å². The highest BCUT2D eigenvalue weighted by atomic mass is 16.3. The number of phenols is 1. The molecule has 0 aromatic heterocycles. The first-order valence-corrected chi connectivity index (χ1v) is 7.72. The molecule has 0 spiro atoms. The van der Waals surface area contributed by atoms with Crippen LogP contribution in [0, 0.1) is 0 Å². The fraction of sp³-hybridized carbons (Fsp3) is 0.647. The molecule has 1 aromatic carbocycles. The zero-order chi connectivity index (χ0) is 14.1. The van der Waals surface area contributed by atoms with Crippen LogP contribution in [0.1, 0.15) is 70.9 Å². The highest BCUT2D eigenvalue weighted by Gasteiger charge is 2.12. The average molecular weight is 263 g/mol. The number of hydrogen-bond acceptors (Lipinski definition) is 2. The summed E-state index contributed by atoms with van der Waals surface area (Å²) in [4.78, 5) is 0. The molecule has 2 unspecified atom stereocenters. The van der Waals surface area contributed by atoms with E-state index in [4.69, 9.17) is 0 Å². The lowest BCUT2D eigenvalue weighted by Gasteiger charge is -2.23. The summed E-state index contributed by atoms with van der Waals surface area (Å²) in [5.41, 5.74) is 1.26. The maximum atomic E-state index is 9.34. The molecule has 108 valence electrons. The monoisotopic (exact) mass is 263 g/mol. The molecule has 0 aliphatic rings. The number of rotatable bonds is 9. The molecule has 0 saturated heterocycles. The van der Waals surface area contributed by atoms with Crippen molar-refractivity contribution in [2.24, 2.45) is 0 Å². The van der Waals surface area contributed by atoms with Gasteiger partial charge in [-0.05, 0) is 37.5 Å². The van der Waals surface area contributed by atoms with Gasteiger partial charge in [-0.2, -0.15) is 0 Å². The van der Waals surface area contributed by atoms with Crippen molar-refractivity contribution >= 4 is 0 Å². The molecule has 2 heteroatoms. The van der Waals surface area contributed by atoms with Crippen LogP contribution in [0.5, 0.6) is 5.75 Å². The summed E-state index contributed by atoms with van der Waals surface area (Å²) >= 11 is 0. The third-order valence-corrected chi connectivity index (χ3v) is 3.68. The van der Waals surface area contributed by atoms with Gasteiger partial charge in [0.1, 0.15) is 5.75 Å². The van der Waals surface area contributed by atoms with Gasteiger partial charge in [-0.15, -0.1) is 0 Å². The first-order chi connectivity index (χ1) is 9.17. The molecule has 0 aliphatic carbocycles. The lowest BCUT2D eigenvalue weighted by atomic mass is 10.0. The fourth-order valence-corrected chi connectivity index (χ4v) is 2.46. The Bertz CT molecular complexity index is 334. The van der Waals surface area contributed by atoms with Crippen LogP contribution in [0.2, 0.25) is 0 Å². The molecule has 0 heterocycles. The van der Waals surface area contributed by atoms with E-state index in [0.717, 1.165) is 6.42 Å². The smallest absolute Gasteiger partial charge is 0.115 e. The number of aromatic hydroxyl groups is 1. The van der Waals surface area contributed by atoms with Gasteiger partial charge in [-0.25, -0.2) is 0 Å². The number of phenolic OH excluding ortho intramolecular Hbond substituents is 1. The summed E-state index contributed by atoms with van der Waals surface area (Å²) in [6, 6.07) is 8.51. The summed E-state index contributed by atoms with van der Waals surface area (Å²) < 4.78 is 0. The van der Waals surface area contributed by atoms with Gasteiger partial charge in [0.25, 0.3) is 0 Å². The van der Waals surface area contributed by atoms with E-state index in [1.807, 2.05) is 12.1 Å². The van der Waals surface area contributed by atoms with Gasteiger partial charge >= 0.3 is 0 Å². The van der Waals surface area contributed by atoms with Crippen LogP contribution < -0.4 is 5.32 Å². The quantitative estimate of drug-likeness (QED) is 0.628. The Morgan fingerprint density at radius 2 is 1.74 bits per heavy atom. The van der Waals surface area contributed by atoms with Crippen molar-refractivity contribution in [3.05, 3.63) is 29.8 Å². The van der Waals surface area contributed by atoms with Crippen molar-refractivity contribution in [1.82, 2.24) is 5.32 Å². The van der Waals surface area contributed by atoms with E-state index in [1.165, 1.54) is 37.7 Å². The summed E-state index contributed by atoms with van der Waals surface area (Å²) in [6.07, 6.45) is 7.62. The van der Waals surface area contributed by atoms with Gasteiger partial charge in [0.2, 0.25) is 0 Å². The van der Waals surface area contributed by atoms with E-state index < -0.39 is 0 Å². The van der Waals surface area contributed by atoms with E-state index in [-0.39, 0.29) is 0 Å². The number of benzene rings is 1. The lowest BCUT2D eigenvalue weighted by molar-refractivity contribution is 0.413. The van der Waals surface area contributed by atoms with Gasteiger partial charge in [0, 0.05) is 12.1 Å². The Balaban J connectivity index is 2.41. The highest BCUT2D eigenvalue weighted by Crippen LogP contribution is 2.20. The molecule has 0 aliphatic heterocycles. The Hall–Kier alpha value is -1.02. The normalized spacial score (nSPS) is 14.3. The molecule has 0 bridgehead atoms. The predicted molar refractivity (Wildman–Crippen MR) is 82.5 cm³/mol. The van der Waals surface area contributed by atoms with E-state index in [2.05, 4.69) is 26.1 Å². The van der Waals surface area contributed by atoms with Gasteiger partial charge in [-0.1, -0.05) is 51.7 Å². The Morgan fingerprint density at radius 3 is 2.32 bits per heavy atom. The molecule has 1 aromatic rings. The van der Waals surface area contributed by atoms with Crippen LogP contribution in [0.25, 0.3) is 0 Å². The SMILES string of the molecule is CCCCCCC(C)NC(CC)c1ccc(O)cc1. The topological polar surface area (TPSA) is 32.3 Å². The van der Waals surface area contributed by atoms with E-state index in [0.29, 0.717) is 17.8 Å². The van der Waals surface area contributed by atoms with Crippen LogP contribution >= 0.6 is 0 Å². The first kappa shape index (κ1) is 16.0. The van der Waals surface area contributed by atoms with Crippen LogP contribution in [0.15, 0.2) is 24.3 Å². The second kappa shape index (κ2) is 8.98. The average Bonchev–Trinajstić information content (AvgIpc) is 2.42. The van der Waals surface area contributed by atoms with Gasteiger partial charge in [0.15, 0.2) is 0 Å². The van der Waals surface area contributed by atoms with Crippen LogP contribution in [0.3, 0.4) is 0 Å². The Kier molecular flexibility index (Phi) is 7.57. The molecular weight excluding hydrogens is 234 g/mol. The standard InChI is InChI=1S/C17H29NO/c1-4-6-7-8-9-14(3)18-17(5-2)15-10-12-16(19)13-11-15/h10-14,17-19H,4-9H2,1-3H3. The number of unbranched alkanes of at least 4 members (excludes halogenated alkanes) is 3. The fourth-order valence-electron chi connectivity index (χ4n) is 2.46.